The van der Waals surface area contributed by atoms with Gasteiger partial charge >= 0.3 is 5.97 Å². The molecule has 0 saturated carbocycles. The van der Waals surface area contributed by atoms with Crippen LogP contribution in [0.5, 0.6) is 5.75 Å². The molecule has 3 aromatic rings. The van der Waals surface area contributed by atoms with E-state index >= 15 is 0 Å². The Labute approximate surface area is 161 Å². The highest BCUT2D eigenvalue weighted by atomic mass is 19.1. The van der Waals surface area contributed by atoms with Gasteiger partial charge in [-0.1, -0.05) is 12.1 Å². The number of hydrogen-bond donors (Lipinski definition) is 1. The van der Waals surface area contributed by atoms with Crippen molar-refractivity contribution in [2.45, 2.75) is 18.9 Å². The molecule has 0 spiro atoms. The maximum atomic E-state index is 13.2. The van der Waals surface area contributed by atoms with Crippen LogP contribution in [0.25, 0.3) is 11.0 Å². The predicted octanol–water partition coefficient (Wildman–Crippen LogP) is 3.54. The van der Waals surface area contributed by atoms with Crippen molar-refractivity contribution in [1.82, 2.24) is 5.32 Å². The number of ether oxygens (including phenoxy) is 2. The van der Waals surface area contributed by atoms with Gasteiger partial charge in [-0.15, -0.1) is 0 Å². The Morgan fingerprint density at radius 2 is 1.89 bits per heavy atom. The molecule has 0 bridgehead atoms. The van der Waals surface area contributed by atoms with E-state index in [1.807, 2.05) is 6.07 Å². The molecule has 0 aliphatic rings. The fraction of sp³-hybridized carbons (Fsp3) is 0.238. The number of halogens is 1. The summed E-state index contributed by atoms with van der Waals surface area (Å²) in [6.07, 6.45) is 1.53. The number of furan rings is 1. The van der Waals surface area contributed by atoms with Crippen LogP contribution in [-0.2, 0) is 20.7 Å². The monoisotopic (exact) mass is 385 g/mol. The summed E-state index contributed by atoms with van der Waals surface area (Å²) < 4.78 is 28.6. The molecule has 0 fully saturated rings. The molecular formula is C21H20FNO5. The number of nitrogens with one attached hydrogen (secondary N) is 1. The van der Waals surface area contributed by atoms with Crippen LogP contribution in [0, 0.1) is 5.82 Å². The molecule has 2 aromatic carbocycles. The van der Waals surface area contributed by atoms with Crippen molar-refractivity contribution >= 4 is 22.8 Å². The molecule has 7 heteroatoms. The van der Waals surface area contributed by atoms with Gasteiger partial charge in [0.25, 0.3) is 0 Å². The van der Waals surface area contributed by atoms with Gasteiger partial charge in [0, 0.05) is 17.0 Å². The SMILES string of the molecule is COC(=O)CC(NC(=O)Cc1coc2cc(OC)ccc12)c1ccc(F)cc1. The molecule has 0 radical (unpaired) electrons. The van der Waals surface area contributed by atoms with Gasteiger partial charge in [-0.3, -0.25) is 9.59 Å². The van der Waals surface area contributed by atoms with Gasteiger partial charge in [0.2, 0.25) is 5.91 Å². The highest BCUT2D eigenvalue weighted by molar-refractivity contribution is 5.88. The maximum Gasteiger partial charge on any atom is 0.307 e. The lowest BCUT2D eigenvalue weighted by Gasteiger charge is -2.18. The van der Waals surface area contributed by atoms with Crippen molar-refractivity contribution in [2.75, 3.05) is 14.2 Å². The predicted molar refractivity (Wildman–Crippen MR) is 100 cm³/mol. The van der Waals surface area contributed by atoms with E-state index in [1.165, 1.54) is 37.6 Å². The zero-order valence-electron chi connectivity index (χ0n) is 15.5. The number of fused-ring (bicyclic) bond motifs is 1. The Morgan fingerprint density at radius 3 is 2.57 bits per heavy atom. The summed E-state index contributed by atoms with van der Waals surface area (Å²) in [4.78, 5) is 24.3. The second-order valence-electron chi connectivity index (χ2n) is 6.25. The molecule has 146 valence electrons. The fourth-order valence-corrected chi connectivity index (χ4v) is 2.94. The van der Waals surface area contributed by atoms with Crippen molar-refractivity contribution < 1.29 is 27.9 Å². The second-order valence-corrected chi connectivity index (χ2v) is 6.25. The Bertz CT molecular complexity index is 980. The van der Waals surface area contributed by atoms with E-state index in [0.717, 1.165) is 5.39 Å². The Morgan fingerprint density at radius 1 is 1.14 bits per heavy atom. The molecular weight excluding hydrogens is 365 g/mol. The van der Waals surface area contributed by atoms with Crippen molar-refractivity contribution in [3.05, 3.63) is 65.7 Å². The normalized spacial score (nSPS) is 11.8. The minimum atomic E-state index is -0.626. The van der Waals surface area contributed by atoms with Crippen LogP contribution < -0.4 is 10.1 Å². The smallest absolute Gasteiger partial charge is 0.307 e. The van der Waals surface area contributed by atoms with Crippen LogP contribution in [0.2, 0.25) is 0 Å². The average Bonchev–Trinajstić information content (AvgIpc) is 3.09. The lowest BCUT2D eigenvalue weighted by atomic mass is 10.0. The lowest BCUT2D eigenvalue weighted by Crippen LogP contribution is -2.31. The Kier molecular flexibility index (Phi) is 5.93. The second kappa shape index (κ2) is 8.56. The van der Waals surface area contributed by atoms with Crippen LogP contribution in [0.15, 0.2) is 53.1 Å². The van der Waals surface area contributed by atoms with E-state index < -0.39 is 17.8 Å². The van der Waals surface area contributed by atoms with Crippen LogP contribution in [0.1, 0.15) is 23.6 Å². The summed E-state index contributed by atoms with van der Waals surface area (Å²) in [6.45, 7) is 0. The highest BCUT2D eigenvalue weighted by Crippen LogP contribution is 2.26. The van der Waals surface area contributed by atoms with Crippen molar-refractivity contribution in [3.8, 4) is 5.75 Å². The largest absolute Gasteiger partial charge is 0.497 e. The summed E-state index contributed by atoms with van der Waals surface area (Å²) in [7, 11) is 2.84. The van der Waals surface area contributed by atoms with Crippen molar-refractivity contribution in [3.63, 3.8) is 0 Å². The van der Waals surface area contributed by atoms with Crippen LogP contribution in [0.4, 0.5) is 4.39 Å². The van der Waals surface area contributed by atoms with Gasteiger partial charge in [-0.25, -0.2) is 4.39 Å². The van der Waals surface area contributed by atoms with E-state index in [1.54, 1.807) is 19.2 Å². The summed E-state index contributed by atoms with van der Waals surface area (Å²) in [5.74, 6) is -0.508. The molecule has 6 nitrogen and oxygen atoms in total. The number of benzene rings is 2. The third-order valence-corrected chi connectivity index (χ3v) is 4.42. The van der Waals surface area contributed by atoms with E-state index in [4.69, 9.17) is 13.9 Å². The van der Waals surface area contributed by atoms with Gasteiger partial charge < -0.3 is 19.2 Å². The van der Waals surface area contributed by atoms with E-state index in [0.29, 0.717) is 22.5 Å². The van der Waals surface area contributed by atoms with Crippen LogP contribution >= 0.6 is 0 Å². The quantitative estimate of drug-likeness (QED) is 0.630. The first-order valence-electron chi connectivity index (χ1n) is 8.66. The summed E-state index contributed by atoms with van der Waals surface area (Å²) in [5, 5.41) is 3.62. The molecule has 0 aliphatic carbocycles. The van der Waals surface area contributed by atoms with Crippen LogP contribution in [0.3, 0.4) is 0 Å². The van der Waals surface area contributed by atoms with E-state index in [2.05, 4.69) is 5.32 Å². The number of rotatable bonds is 7. The molecule has 0 aliphatic heterocycles. The maximum absolute atomic E-state index is 13.2. The van der Waals surface area contributed by atoms with Crippen molar-refractivity contribution in [1.29, 1.82) is 0 Å². The number of amides is 1. The third-order valence-electron chi connectivity index (χ3n) is 4.42. The number of carbonyl (C=O) groups is 2. The van der Waals surface area contributed by atoms with Gasteiger partial charge in [0.1, 0.15) is 17.1 Å². The Balaban J connectivity index is 1.76. The van der Waals surface area contributed by atoms with Gasteiger partial charge in [-0.2, -0.15) is 0 Å². The standard InChI is InChI=1S/C21H20FNO5/c1-26-16-7-8-17-14(12-28-19(17)10-16)9-20(24)23-18(11-21(25)27-2)13-3-5-15(22)6-4-13/h3-8,10,12,18H,9,11H2,1-2H3,(H,23,24). The fourth-order valence-electron chi connectivity index (χ4n) is 2.94. The van der Waals surface area contributed by atoms with E-state index in [-0.39, 0.29) is 18.7 Å². The zero-order chi connectivity index (χ0) is 20.1. The first-order chi connectivity index (χ1) is 13.5. The summed E-state index contributed by atoms with van der Waals surface area (Å²) in [6, 6.07) is 10.4. The van der Waals surface area contributed by atoms with E-state index in [9.17, 15) is 14.0 Å². The molecule has 1 heterocycles. The zero-order valence-corrected chi connectivity index (χ0v) is 15.5. The number of carbonyl (C=O) groups excluding carboxylic acids is 2. The first kappa shape index (κ1) is 19.4. The molecule has 1 atom stereocenters. The van der Waals surface area contributed by atoms with Gasteiger partial charge in [-0.05, 0) is 29.8 Å². The summed E-state index contributed by atoms with van der Waals surface area (Å²) >= 11 is 0. The van der Waals surface area contributed by atoms with Crippen molar-refractivity contribution in [2.24, 2.45) is 0 Å². The van der Waals surface area contributed by atoms with Gasteiger partial charge in [0.15, 0.2) is 0 Å². The molecule has 28 heavy (non-hydrogen) atoms. The van der Waals surface area contributed by atoms with Gasteiger partial charge in [0.05, 0.1) is 39.4 Å². The molecule has 1 N–H and O–H groups in total. The molecule has 0 saturated heterocycles. The highest BCUT2D eigenvalue weighted by Gasteiger charge is 2.20. The number of hydrogen-bond acceptors (Lipinski definition) is 5. The average molecular weight is 385 g/mol. The number of methoxy groups -OCH3 is 2. The molecule has 1 unspecified atom stereocenters. The minimum Gasteiger partial charge on any atom is -0.497 e. The topological polar surface area (TPSA) is 77.8 Å². The lowest BCUT2D eigenvalue weighted by molar-refractivity contribution is -0.141. The number of esters is 1. The third kappa shape index (κ3) is 4.49. The molecule has 1 aromatic heterocycles. The first-order valence-corrected chi connectivity index (χ1v) is 8.66. The molecule has 1 amide bonds. The minimum absolute atomic E-state index is 0.0583. The van der Waals surface area contributed by atoms with Crippen LogP contribution in [-0.4, -0.2) is 26.1 Å². The Hall–Kier alpha value is -3.35. The molecule has 3 rings (SSSR count). The summed E-state index contributed by atoms with van der Waals surface area (Å²) in [5.41, 5.74) is 1.94.